The average Bonchev–Trinajstić information content (AvgIpc) is 3.28. The second-order valence-corrected chi connectivity index (χ2v) is 9.89. The smallest absolute Gasteiger partial charge is 0.305 e. The fraction of sp³-hybridized carbons (Fsp3) is 0.857. The molecule has 1 unspecified atom stereocenters. The minimum atomic E-state index is -0.927. The van der Waals surface area contributed by atoms with Gasteiger partial charge in [0.2, 0.25) is 0 Å². The lowest BCUT2D eigenvalue weighted by molar-refractivity contribution is -0.146. The standard InChI is InChI=1S/C21H36O9S2/c22-19(23)5-3-7-21(25)30-16-14-28-12-10-26-9-11-27-13-15-29-20(24)6-2-1-4-18-8-17-31-32-18/h18H,1-17H2,(H,22,23). The average molecular weight is 497 g/mol. The predicted octanol–water partition coefficient (Wildman–Crippen LogP) is 3.09. The molecule has 0 amide bonds. The van der Waals surface area contributed by atoms with Gasteiger partial charge in [0.25, 0.3) is 0 Å². The van der Waals surface area contributed by atoms with E-state index in [1.807, 2.05) is 21.6 Å². The van der Waals surface area contributed by atoms with E-state index >= 15 is 0 Å². The summed E-state index contributed by atoms with van der Waals surface area (Å²) in [6, 6.07) is 0. The molecule has 1 rings (SSSR count). The Labute approximate surface area is 198 Å². The van der Waals surface area contributed by atoms with E-state index in [9.17, 15) is 14.4 Å². The number of ether oxygens (including phenoxy) is 5. The molecule has 1 heterocycles. The van der Waals surface area contributed by atoms with Gasteiger partial charge in [-0.25, -0.2) is 0 Å². The van der Waals surface area contributed by atoms with Crippen molar-refractivity contribution < 1.29 is 43.2 Å². The topological polar surface area (TPSA) is 118 Å². The molecule has 1 aliphatic heterocycles. The van der Waals surface area contributed by atoms with Crippen molar-refractivity contribution in [1.82, 2.24) is 0 Å². The third-order valence-electron chi connectivity index (χ3n) is 4.38. The van der Waals surface area contributed by atoms with E-state index in [-0.39, 0.29) is 45.1 Å². The summed E-state index contributed by atoms with van der Waals surface area (Å²) in [5, 5.41) is 9.24. The molecule has 0 aromatic heterocycles. The molecule has 1 fully saturated rings. The van der Waals surface area contributed by atoms with Crippen molar-refractivity contribution in [3.63, 3.8) is 0 Å². The van der Waals surface area contributed by atoms with E-state index in [0.29, 0.717) is 39.5 Å². The lowest BCUT2D eigenvalue weighted by Crippen LogP contribution is -2.15. The van der Waals surface area contributed by atoms with Crippen molar-refractivity contribution in [3.8, 4) is 0 Å². The Kier molecular flexibility index (Phi) is 18.7. The fourth-order valence-electron chi connectivity index (χ4n) is 2.70. The maximum Gasteiger partial charge on any atom is 0.305 e. The van der Waals surface area contributed by atoms with E-state index in [2.05, 4.69) is 0 Å². The second kappa shape index (κ2) is 20.6. The Bertz CT molecular complexity index is 513. The summed E-state index contributed by atoms with van der Waals surface area (Å²) in [6.07, 6.45) is 5.21. The van der Waals surface area contributed by atoms with Gasteiger partial charge >= 0.3 is 17.9 Å². The highest BCUT2D eigenvalue weighted by Gasteiger charge is 2.15. The first-order valence-corrected chi connectivity index (χ1v) is 13.5. The molecule has 32 heavy (non-hydrogen) atoms. The quantitative estimate of drug-likeness (QED) is 0.143. The molecule has 0 saturated carbocycles. The number of hydrogen-bond donors (Lipinski definition) is 1. The summed E-state index contributed by atoms with van der Waals surface area (Å²) in [5.74, 6) is -0.272. The van der Waals surface area contributed by atoms with Crippen molar-refractivity contribution in [2.75, 3.05) is 58.6 Å². The normalized spacial score (nSPS) is 15.6. The van der Waals surface area contributed by atoms with Crippen LogP contribution in [0.5, 0.6) is 0 Å². The molecule has 0 bridgehead atoms. The molecule has 0 radical (unpaired) electrons. The summed E-state index contributed by atoms with van der Waals surface area (Å²) in [7, 11) is 3.92. The van der Waals surface area contributed by atoms with Crippen LogP contribution in [0.15, 0.2) is 0 Å². The van der Waals surface area contributed by atoms with E-state index in [1.54, 1.807) is 0 Å². The van der Waals surface area contributed by atoms with Gasteiger partial charge in [-0.15, -0.1) is 0 Å². The van der Waals surface area contributed by atoms with Gasteiger partial charge in [0, 0.05) is 30.3 Å². The minimum Gasteiger partial charge on any atom is -0.481 e. The van der Waals surface area contributed by atoms with E-state index in [0.717, 1.165) is 18.1 Å². The van der Waals surface area contributed by atoms with Crippen molar-refractivity contribution in [1.29, 1.82) is 0 Å². The number of carbonyl (C=O) groups is 3. The molecular formula is C21H36O9S2. The highest BCUT2D eigenvalue weighted by Crippen LogP contribution is 2.39. The van der Waals surface area contributed by atoms with Gasteiger partial charge in [-0.2, -0.15) is 0 Å². The predicted molar refractivity (Wildman–Crippen MR) is 123 cm³/mol. The maximum atomic E-state index is 11.7. The van der Waals surface area contributed by atoms with Crippen LogP contribution < -0.4 is 0 Å². The molecule has 1 N–H and O–H groups in total. The third kappa shape index (κ3) is 18.6. The molecule has 11 heteroatoms. The molecular weight excluding hydrogens is 460 g/mol. The summed E-state index contributed by atoms with van der Waals surface area (Å²) < 4.78 is 26.0. The zero-order chi connectivity index (χ0) is 23.3. The fourth-order valence-corrected chi connectivity index (χ4v) is 5.73. The largest absolute Gasteiger partial charge is 0.481 e. The van der Waals surface area contributed by atoms with Crippen LogP contribution in [0, 0.1) is 0 Å². The van der Waals surface area contributed by atoms with Crippen molar-refractivity contribution in [3.05, 3.63) is 0 Å². The first kappa shape index (κ1) is 29.0. The molecule has 1 aliphatic rings. The second-order valence-electron chi connectivity index (χ2n) is 7.10. The van der Waals surface area contributed by atoms with Gasteiger partial charge in [0.15, 0.2) is 0 Å². The van der Waals surface area contributed by atoms with Crippen molar-refractivity contribution in [2.45, 2.75) is 56.6 Å². The van der Waals surface area contributed by atoms with E-state index in [4.69, 9.17) is 28.8 Å². The molecule has 0 aromatic rings. The zero-order valence-corrected chi connectivity index (χ0v) is 20.3. The van der Waals surface area contributed by atoms with Crippen LogP contribution >= 0.6 is 21.6 Å². The summed E-state index contributed by atoms with van der Waals surface area (Å²) >= 11 is 0. The Morgan fingerprint density at radius 3 is 1.75 bits per heavy atom. The van der Waals surface area contributed by atoms with Crippen LogP contribution in [-0.2, 0) is 38.1 Å². The van der Waals surface area contributed by atoms with Crippen LogP contribution in [-0.4, -0.2) is 86.9 Å². The third-order valence-corrected chi connectivity index (χ3v) is 7.39. The van der Waals surface area contributed by atoms with Crippen LogP contribution in [0.3, 0.4) is 0 Å². The van der Waals surface area contributed by atoms with Crippen LogP contribution in [0.1, 0.15) is 51.4 Å². The summed E-state index contributed by atoms with van der Waals surface area (Å²) in [4.78, 5) is 33.3. The zero-order valence-electron chi connectivity index (χ0n) is 18.6. The van der Waals surface area contributed by atoms with Gasteiger partial charge in [-0.3, -0.25) is 14.4 Å². The van der Waals surface area contributed by atoms with Gasteiger partial charge < -0.3 is 28.8 Å². The number of carboxylic acid groups (broad SMARTS) is 1. The Hall–Kier alpha value is -1.01. The van der Waals surface area contributed by atoms with Gasteiger partial charge in [-0.05, 0) is 25.7 Å². The van der Waals surface area contributed by atoms with Gasteiger partial charge in [0.05, 0.1) is 39.6 Å². The monoisotopic (exact) mass is 496 g/mol. The van der Waals surface area contributed by atoms with Crippen LogP contribution in [0.4, 0.5) is 0 Å². The Balaban J connectivity index is 1.73. The Morgan fingerprint density at radius 2 is 1.25 bits per heavy atom. The lowest BCUT2D eigenvalue weighted by atomic mass is 10.1. The van der Waals surface area contributed by atoms with Crippen LogP contribution in [0.25, 0.3) is 0 Å². The molecule has 1 saturated heterocycles. The van der Waals surface area contributed by atoms with Gasteiger partial charge in [-0.1, -0.05) is 28.0 Å². The SMILES string of the molecule is O=C(O)CCCC(=O)OCCOCCOCCOCCOC(=O)CCCCC1CCSS1. The molecule has 0 aromatic carbocycles. The number of esters is 2. The number of carbonyl (C=O) groups excluding carboxylic acids is 2. The lowest BCUT2D eigenvalue weighted by Gasteiger charge is -2.08. The van der Waals surface area contributed by atoms with Crippen molar-refractivity contribution >= 4 is 39.5 Å². The van der Waals surface area contributed by atoms with E-state index < -0.39 is 11.9 Å². The number of aliphatic carboxylic acids is 1. The molecule has 9 nitrogen and oxygen atoms in total. The maximum absolute atomic E-state index is 11.7. The number of hydrogen-bond acceptors (Lipinski definition) is 10. The molecule has 1 atom stereocenters. The first-order valence-electron chi connectivity index (χ1n) is 11.1. The highest BCUT2D eigenvalue weighted by atomic mass is 33.1. The minimum absolute atomic E-state index is 0.0446. The molecule has 186 valence electrons. The highest BCUT2D eigenvalue weighted by molar-refractivity contribution is 8.77. The number of rotatable bonds is 21. The summed E-state index contributed by atoms with van der Waals surface area (Å²) in [6.45, 7) is 2.57. The Morgan fingerprint density at radius 1 is 0.719 bits per heavy atom. The number of unbranched alkanes of at least 4 members (excludes halogenated alkanes) is 1. The van der Waals surface area contributed by atoms with Crippen LogP contribution in [0.2, 0.25) is 0 Å². The molecule has 0 aliphatic carbocycles. The summed E-state index contributed by atoms with van der Waals surface area (Å²) in [5.41, 5.74) is 0. The van der Waals surface area contributed by atoms with Crippen molar-refractivity contribution in [2.24, 2.45) is 0 Å². The van der Waals surface area contributed by atoms with E-state index in [1.165, 1.54) is 18.6 Å². The van der Waals surface area contributed by atoms with Gasteiger partial charge in [0.1, 0.15) is 13.2 Å². The number of carboxylic acids is 1. The molecule has 0 spiro atoms. The first-order chi connectivity index (χ1) is 15.6.